The molecular weight excluding hydrogens is 226 g/mol. The second kappa shape index (κ2) is 5.40. The van der Waals surface area contributed by atoms with Crippen molar-refractivity contribution in [2.24, 2.45) is 0 Å². The standard InChI is InChI=1S/C10H7Cl3/c11-7-2-1-4-8-5-3-6-9(12)10(8)13/h3,5-6H,2,7H2. The molecule has 0 saturated heterocycles. The molecule has 0 aromatic heterocycles. The molecular formula is C10H7Cl3. The molecule has 0 amide bonds. The summed E-state index contributed by atoms with van der Waals surface area (Å²) in [7, 11) is 0. The minimum Gasteiger partial charge on any atom is -0.126 e. The highest BCUT2D eigenvalue weighted by Gasteiger charge is 1.99. The van der Waals surface area contributed by atoms with E-state index >= 15 is 0 Å². The predicted molar refractivity (Wildman–Crippen MR) is 58.7 cm³/mol. The number of alkyl halides is 1. The van der Waals surface area contributed by atoms with Gasteiger partial charge in [0.2, 0.25) is 0 Å². The van der Waals surface area contributed by atoms with Gasteiger partial charge < -0.3 is 0 Å². The van der Waals surface area contributed by atoms with Gasteiger partial charge in [-0.25, -0.2) is 0 Å². The van der Waals surface area contributed by atoms with Crippen LogP contribution in [0.15, 0.2) is 18.2 Å². The van der Waals surface area contributed by atoms with Crippen molar-refractivity contribution >= 4 is 34.8 Å². The summed E-state index contributed by atoms with van der Waals surface area (Å²) in [6, 6.07) is 5.38. The van der Waals surface area contributed by atoms with Crippen LogP contribution in [0, 0.1) is 11.8 Å². The first-order valence-corrected chi connectivity index (χ1v) is 5.03. The molecule has 0 aliphatic carbocycles. The van der Waals surface area contributed by atoms with Crippen LogP contribution in [0.2, 0.25) is 10.0 Å². The van der Waals surface area contributed by atoms with Crippen LogP contribution in [0.25, 0.3) is 0 Å². The second-order valence-electron chi connectivity index (χ2n) is 2.34. The second-order valence-corrected chi connectivity index (χ2v) is 3.51. The monoisotopic (exact) mass is 232 g/mol. The van der Waals surface area contributed by atoms with Crippen molar-refractivity contribution in [3.8, 4) is 11.8 Å². The number of benzene rings is 1. The first-order chi connectivity index (χ1) is 6.25. The summed E-state index contributed by atoms with van der Waals surface area (Å²) in [5.74, 6) is 6.33. The summed E-state index contributed by atoms with van der Waals surface area (Å²) >= 11 is 17.2. The smallest absolute Gasteiger partial charge is 0.0748 e. The lowest BCUT2D eigenvalue weighted by molar-refractivity contribution is 1.29. The minimum absolute atomic E-state index is 0.506. The fourth-order valence-corrected chi connectivity index (χ4v) is 1.25. The molecule has 0 N–H and O–H groups in total. The van der Waals surface area contributed by atoms with Crippen LogP contribution in [0.3, 0.4) is 0 Å². The highest BCUT2D eigenvalue weighted by Crippen LogP contribution is 2.24. The van der Waals surface area contributed by atoms with Crippen molar-refractivity contribution in [2.45, 2.75) is 6.42 Å². The Kier molecular flexibility index (Phi) is 4.45. The van der Waals surface area contributed by atoms with E-state index in [1.807, 2.05) is 12.1 Å². The Balaban J connectivity index is 2.91. The number of rotatable bonds is 1. The molecule has 13 heavy (non-hydrogen) atoms. The van der Waals surface area contributed by atoms with E-state index in [1.54, 1.807) is 6.07 Å². The Bertz CT molecular complexity index is 347. The molecule has 0 nitrogen and oxygen atoms in total. The normalized spacial score (nSPS) is 9.15. The number of halogens is 3. The average molecular weight is 234 g/mol. The molecule has 0 aliphatic heterocycles. The van der Waals surface area contributed by atoms with E-state index in [-0.39, 0.29) is 0 Å². The van der Waals surface area contributed by atoms with Gasteiger partial charge in [-0.1, -0.05) is 41.1 Å². The molecule has 1 aromatic carbocycles. The third-order valence-electron chi connectivity index (χ3n) is 1.39. The summed E-state index contributed by atoms with van der Waals surface area (Å²) in [6.07, 6.45) is 0.657. The zero-order valence-corrected chi connectivity index (χ0v) is 9.05. The Hall–Kier alpha value is -0.350. The molecule has 0 unspecified atom stereocenters. The van der Waals surface area contributed by atoms with E-state index in [0.29, 0.717) is 22.3 Å². The van der Waals surface area contributed by atoms with Crippen molar-refractivity contribution < 1.29 is 0 Å². The minimum atomic E-state index is 0.506. The third-order valence-corrected chi connectivity index (χ3v) is 2.40. The summed E-state index contributed by atoms with van der Waals surface area (Å²) in [4.78, 5) is 0. The van der Waals surface area contributed by atoms with Crippen LogP contribution in [0.4, 0.5) is 0 Å². The highest BCUT2D eigenvalue weighted by atomic mass is 35.5. The zero-order chi connectivity index (χ0) is 9.68. The van der Waals surface area contributed by atoms with E-state index in [9.17, 15) is 0 Å². The Labute approximate surface area is 92.8 Å². The highest BCUT2D eigenvalue weighted by molar-refractivity contribution is 6.42. The first-order valence-electron chi connectivity index (χ1n) is 3.74. The predicted octanol–water partition coefficient (Wildman–Crippen LogP) is 3.97. The molecule has 0 atom stereocenters. The molecule has 0 fully saturated rings. The number of hydrogen-bond acceptors (Lipinski definition) is 0. The molecule has 1 aromatic rings. The van der Waals surface area contributed by atoms with E-state index in [0.717, 1.165) is 5.56 Å². The van der Waals surface area contributed by atoms with E-state index in [1.165, 1.54) is 0 Å². The topological polar surface area (TPSA) is 0 Å². The van der Waals surface area contributed by atoms with Crippen molar-refractivity contribution in [3.63, 3.8) is 0 Å². The molecule has 0 saturated carbocycles. The van der Waals surface area contributed by atoms with Gasteiger partial charge in [0, 0.05) is 17.9 Å². The molecule has 68 valence electrons. The van der Waals surface area contributed by atoms with Gasteiger partial charge in [0.25, 0.3) is 0 Å². The van der Waals surface area contributed by atoms with E-state index in [2.05, 4.69) is 11.8 Å². The maximum absolute atomic E-state index is 5.90. The van der Waals surface area contributed by atoms with Crippen molar-refractivity contribution in [2.75, 3.05) is 5.88 Å². The van der Waals surface area contributed by atoms with Crippen molar-refractivity contribution in [3.05, 3.63) is 33.8 Å². The van der Waals surface area contributed by atoms with Gasteiger partial charge in [-0.3, -0.25) is 0 Å². The molecule has 0 aliphatic rings. The first kappa shape index (κ1) is 10.7. The largest absolute Gasteiger partial charge is 0.126 e. The summed E-state index contributed by atoms with van der Waals surface area (Å²) in [5.41, 5.74) is 0.749. The molecule has 0 heterocycles. The van der Waals surface area contributed by atoms with Crippen LogP contribution in [0.1, 0.15) is 12.0 Å². The Morgan fingerprint density at radius 3 is 2.69 bits per heavy atom. The lowest BCUT2D eigenvalue weighted by atomic mass is 10.2. The molecule has 0 spiro atoms. The van der Waals surface area contributed by atoms with Gasteiger partial charge in [0.05, 0.1) is 10.0 Å². The van der Waals surface area contributed by atoms with E-state index < -0.39 is 0 Å². The molecule has 0 bridgehead atoms. The van der Waals surface area contributed by atoms with E-state index in [4.69, 9.17) is 34.8 Å². The fraction of sp³-hybridized carbons (Fsp3) is 0.200. The van der Waals surface area contributed by atoms with Crippen LogP contribution in [0.5, 0.6) is 0 Å². The Morgan fingerprint density at radius 2 is 2.00 bits per heavy atom. The van der Waals surface area contributed by atoms with Gasteiger partial charge >= 0.3 is 0 Å². The van der Waals surface area contributed by atoms with Gasteiger partial charge in [-0.2, -0.15) is 0 Å². The molecule has 0 radical (unpaired) electrons. The summed E-state index contributed by atoms with van der Waals surface area (Å²) in [5, 5.41) is 1.03. The van der Waals surface area contributed by atoms with Crippen molar-refractivity contribution in [1.82, 2.24) is 0 Å². The number of hydrogen-bond donors (Lipinski definition) is 0. The quantitative estimate of drug-likeness (QED) is 0.508. The maximum Gasteiger partial charge on any atom is 0.0748 e. The van der Waals surface area contributed by atoms with Crippen LogP contribution >= 0.6 is 34.8 Å². The van der Waals surface area contributed by atoms with Gasteiger partial charge in [-0.05, 0) is 12.1 Å². The van der Waals surface area contributed by atoms with Gasteiger partial charge in [-0.15, -0.1) is 11.6 Å². The fourth-order valence-electron chi connectivity index (χ4n) is 0.805. The van der Waals surface area contributed by atoms with Crippen LogP contribution in [-0.2, 0) is 0 Å². The molecule has 3 heteroatoms. The zero-order valence-electron chi connectivity index (χ0n) is 6.78. The third kappa shape index (κ3) is 3.12. The Morgan fingerprint density at radius 1 is 1.23 bits per heavy atom. The van der Waals surface area contributed by atoms with Crippen LogP contribution < -0.4 is 0 Å². The SMILES string of the molecule is ClCCC#Cc1cccc(Cl)c1Cl. The lowest BCUT2D eigenvalue weighted by Gasteiger charge is -1.96. The maximum atomic E-state index is 5.90. The summed E-state index contributed by atoms with van der Waals surface area (Å²) < 4.78 is 0. The van der Waals surface area contributed by atoms with Crippen LogP contribution in [-0.4, -0.2) is 5.88 Å². The average Bonchev–Trinajstić information content (AvgIpc) is 2.13. The molecule has 1 rings (SSSR count). The summed E-state index contributed by atoms with van der Waals surface area (Å²) in [6.45, 7) is 0. The van der Waals surface area contributed by atoms with Gasteiger partial charge in [0.1, 0.15) is 0 Å². The van der Waals surface area contributed by atoms with Crippen molar-refractivity contribution in [1.29, 1.82) is 0 Å². The van der Waals surface area contributed by atoms with Gasteiger partial charge in [0.15, 0.2) is 0 Å². The lowest BCUT2D eigenvalue weighted by Crippen LogP contribution is -1.78.